The molecule has 1 rings (SSSR count). The average Bonchev–Trinajstić information content (AvgIpc) is 3.10. The van der Waals surface area contributed by atoms with Crippen molar-refractivity contribution in [3.63, 3.8) is 0 Å². The Morgan fingerprint density at radius 3 is 2.03 bits per heavy atom. The van der Waals surface area contributed by atoms with Crippen molar-refractivity contribution in [2.45, 2.75) is 52.1 Å². The van der Waals surface area contributed by atoms with Crippen LogP contribution in [0.4, 0.5) is 0 Å². The maximum atomic E-state index is 12.7. The largest absolute Gasteiger partial charge is 0.459 e. The topological polar surface area (TPSA) is 132 Å². The molecular weight excluding hydrogens is 460 g/mol. The normalized spacial score (nSPS) is 13.5. The summed E-state index contributed by atoms with van der Waals surface area (Å²) in [7, 11) is 0. The van der Waals surface area contributed by atoms with Crippen LogP contribution in [0.5, 0.6) is 0 Å². The average molecular weight is 501 g/mol. The fraction of sp³-hybridized carbons (Fsp3) is 0.750. The molecule has 11 heteroatoms. The van der Waals surface area contributed by atoms with Gasteiger partial charge in [-0.05, 0) is 33.6 Å². The smallest absolute Gasteiger partial charge is 0.326 e. The van der Waals surface area contributed by atoms with Crippen LogP contribution in [-0.2, 0) is 38.1 Å². The fourth-order valence-corrected chi connectivity index (χ4v) is 3.14. The molecule has 0 spiro atoms. The zero-order valence-corrected chi connectivity index (χ0v) is 21.2. The maximum absolute atomic E-state index is 12.7. The SMILES string of the molecule is CC(C)(C)OC(=O)CN(CCOCCOCCOCCO)C(=O)CCCCCN1C(=O)C=CC1=O. The summed E-state index contributed by atoms with van der Waals surface area (Å²) in [5, 5.41) is 8.62. The van der Waals surface area contributed by atoms with Crippen molar-refractivity contribution in [1.82, 2.24) is 9.80 Å². The number of rotatable bonds is 19. The summed E-state index contributed by atoms with van der Waals surface area (Å²) in [5.74, 6) is -1.30. The lowest BCUT2D eigenvalue weighted by Gasteiger charge is -2.25. The number of unbranched alkanes of at least 4 members (excludes halogenated alkanes) is 2. The molecule has 1 heterocycles. The van der Waals surface area contributed by atoms with E-state index in [-0.39, 0.29) is 57.1 Å². The van der Waals surface area contributed by atoms with Gasteiger partial charge in [0.05, 0.1) is 46.2 Å². The molecule has 200 valence electrons. The lowest BCUT2D eigenvalue weighted by molar-refractivity contribution is -0.159. The summed E-state index contributed by atoms with van der Waals surface area (Å²) in [6.07, 6.45) is 4.58. The molecule has 0 aromatic rings. The predicted octanol–water partition coefficient (Wildman–Crippen LogP) is 0.684. The summed E-state index contributed by atoms with van der Waals surface area (Å²) in [6.45, 7) is 7.65. The van der Waals surface area contributed by atoms with Gasteiger partial charge in [-0.25, -0.2) is 0 Å². The van der Waals surface area contributed by atoms with Crippen LogP contribution in [0.25, 0.3) is 0 Å². The summed E-state index contributed by atoms with van der Waals surface area (Å²) in [6, 6.07) is 0. The first-order valence-electron chi connectivity index (χ1n) is 12.0. The molecule has 0 aromatic heterocycles. The number of hydrogen-bond acceptors (Lipinski definition) is 9. The van der Waals surface area contributed by atoms with E-state index >= 15 is 0 Å². The third-order valence-corrected chi connectivity index (χ3v) is 4.75. The second kappa shape index (κ2) is 17.1. The molecule has 11 nitrogen and oxygen atoms in total. The lowest BCUT2D eigenvalue weighted by atomic mass is 10.1. The molecule has 0 aromatic carbocycles. The van der Waals surface area contributed by atoms with Gasteiger partial charge < -0.3 is 29.0 Å². The van der Waals surface area contributed by atoms with Crippen molar-refractivity contribution in [3.8, 4) is 0 Å². The number of hydrogen-bond donors (Lipinski definition) is 1. The molecule has 0 radical (unpaired) electrons. The van der Waals surface area contributed by atoms with Gasteiger partial charge in [0, 0.05) is 31.7 Å². The lowest BCUT2D eigenvalue weighted by Crippen LogP contribution is -2.40. The van der Waals surface area contributed by atoms with E-state index < -0.39 is 11.6 Å². The van der Waals surface area contributed by atoms with Crippen LogP contribution in [0, 0.1) is 0 Å². The Kier molecular flexibility index (Phi) is 15.0. The van der Waals surface area contributed by atoms with Crippen molar-refractivity contribution in [1.29, 1.82) is 0 Å². The molecule has 0 saturated carbocycles. The van der Waals surface area contributed by atoms with Crippen LogP contribution in [0.2, 0.25) is 0 Å². The van der Waals surface area contributed by atoms with E-state index in [1.807, 2.05) is 0 Å². The van der Waals surface area contributed by atoms with Gasteiger partial charge in [-0.3, -0.25) is 24.1 Å². The summed E-state index contributed by atoms with van der Waals surface area (Å²) < 4.78 is 21.3. The number of esters is 1. The van der Waals surface area contributed by atoms with Crippen molar-refractivity contribution >= 4 is 23.7 Å². The van der Waals surface area contributed by atoms with E-state index in [0.717, 1.165) is 0 Å². The third kappa shape index (κ3) is 14.6. The summed E-state index contributed by atoms with van der Waals surface area (Å²) in [4.78, 5) is 50.7. The number of carbonyl (C=O) groups is 4. The standard InChI is InChI=1S/C24H40N2O9/c1-24(2,3)35-23(31)19-25(11-13-32-15-17-34-18-16-33-14-12-27)20(28)7-5-4-6-10-26-21(29)8-9-22(26)30/h8-9,27H,4-7,10-19H2,1-3H3. The van der Waals surface area contributed by atoms with E-state index in [2.05, 4.69) is 0 Å². The summed E-state index contributed by atoms with van der Waals surface area (Å²) >= 11 is 0. The van der Waals surface area contributed by atoms with Crippen molar-refractivity contribution in [2.24, 2.45) is 0 Å². The van der Waals surface area contributed by atoms with Crippen LogP contribution in [0.15, 0.2) is 12.2 Å². The van der Waals surface area contributed by atoms with Crippen LogP contribution in [0.1, 0.15) is 46.5 Å². The van der Waals surface area contributed by atoms with Gasteiger partial charge in [-0.15, -0.1) is 0 Å². The van der Waals surface area contributed by atoms with E-state index in [4.69, 9.17) is 24.1 Å². The number of aliphatic hydroxyl groups excluding tert-OH is 1. The number of carbonyl (C=O) groups excluding carboxylic acids is 4. The Balaban J connectivity index is 2.34. The minimum Gasteiger partial charge on any atom is -0.459 e. The highest BCUT2D eigenvalue weighted by atomic mass is 16.6. The van der Waals surface area contributed by atoms with E-state index in [1.165, 1.54) is 22.0 Å². The molecule has 1 aliphatic rings. The molecule has 0 atom stereocenters. The highest BCUT2D eigenvalue weighted by Crippen LogP contribution is 2.11. The van der Waals surface area contributed by atoms with Crippen LogP contribution in [-0.4, -0.2) is 110 Å². The molecule has 0 unspecified atom stereocenters. The Hall–Kier alpha value is -2.34. The number of imide groups is 1. The Bertz CT molecular complexity index is 686. The van der Waals surface area contributed by atoms with E-state index in [9.17, 15) is 19.2 Å². The molecule has 3 amide bonds. The van der Waals surface area contributed by atoms with Gasteiger partial charge in [0.2, 0.25) is 5.91 Å². The minimum absolute atomic E-state index is 0.0278. The molecule has 0 fully saturated rings. The van der Waals surface area contributed by atoms with Crippen molar-refractivity contribution in [3.05, 3.63) is 12.2 Å². The summed E-state index contributed by atoms with van der Waals surface area (Å²) in [5.41, 5.74) is -0.653. The molecule has 0 aliphatic carbocycles. The molecule has 0 bridgehead atoms. The first-order chi connectivity index (χ1) is 16.6. The number of amides is 3. The van der Waals surface area contributed by atoms with Gasteiger partial charge in [0.1, 0.15) is 12.1 Å². The van der Waals surface area contributed by atoms with Gasteiger partial charge in [0.15, 0.2) is 0 Å². The Morgan fingerprint density at radius 1 is 0.886 bits per heavy atom. The second-order valence-electron chi connectivity index (χ2n) is 8.93. The van der Waals surface area contributed by atoms with Crippen LogP contribution in [0.3, 0.4) is 0 Å². The zero-order valence-electron chi connectivity index (χ0n) is 21.2. The predicted molar refractivity (Wildman–Crippen MR) is 126 cm³/mol. The number of nitrogens with zero attached hydrogens (tertiary/aromatic N) is 2. The van der Waals surface area contributed by atoms with Crippen LogP contribution >= 0.6 is 0 Å². The van der Waals surface area contributed by atoms with Gasteiger partial charge in [-0.1, -0.05) is 6.42 Å². The highest BCUT2D eigenvalue weighted by molar-refractivity contribution is 6.12. The first-order valence-corrected chi connectivity index (χ1v) is 12.0. The highest BCUT2D eigenvalue weighted by Gasteiger charge is 2.23. The van der Waals surface area contributed by atoms with E-state index in [0.29, 0.717) is 52.2 Å². The maximum Gasteiger partial charge on any atom is 0.326 e. The van der Waals surface area contributed by atoms with Gasteiger partial charge in [0.25, 0.3) is 11.8 Å². The van der Waals surface area contributed by atoms with Gasteiger partial charge >= 0.3 is 5.97 Å². The van der Waals surface area contributed by atoms with Crippen molar-refractivity contribution < 1.29 is 43.2 Å². The quantitative estimate of drug-likeness (QED) is 0.154. The fourth-order valence-electron chi connectivity index (χ4n) is 3.14. The van der Waals surface area contributed by atoms with Crippen molar-refractivity contribution in [2.75, 3.05) is 65.9 Å². The molecule has 35 heavy (non-hydrogen) atoms. The molecule has 0 saturated heterocycles. The second-order valence-corrected chi connectivity index (χ2v) is 8.93. The van der Waals surface area contributed by atoms with Crippen LogP contribution < -0.4 is 0 Å². The first kappa shape index (κ1) is 30.7. The van der Waals surface area contributed by atoms with Gasteiger partial charge in [-0.2, -0.15) is 0 Å². The molecular formula is C24H40N2O9. The molecule has 1 aliphatic heterocycles. The Labute approximate surface area is 207 Å². The number of ether oxygens (including phenoxy) is 4. The third-order valence-electron chi connectivity index (χ3n) is 4.75. The van der Waals surface area contributed by atoms with E-state index in [1.54, 1.807) is 20.8 Å². The number of aliphatic hydroxyl groups is 1. The minimum atomic E-state index is -0.653. The molecule has 1 N–H and O–H groups in total. The monoisotopic (exact) mass is 500 g/mol. The Morgan fingerprint density at radius 2 is 1.46 bits per heavy atom. The zero-order chi connectivity index (χ0) is 26.1.